The number of unbranched alkanes of at least 4 members (excludes halogenated alkanes) is 25. The maximum atomic E-state index is 12.6. The lowest BCUT2D eigenvalue weighted by Crippen LogP contribution is -2.18. The maximum Gasteiger partial charge on any atom is 0.306 e. The van der Waals surface area contributed by atoms with Crippen LogP contribution in [0.2, 0.25) is 0 Å². The van der Waals surface area contributed by atoms with Crippen LogP contribution in [0.1, 0.15) is 219 Å². The highest BCUT2D eigenvalue weighted by Crippen LogP contribution is 2.19. The van der Waals surface area contributed by atoms with Crippen molar-refractivity contribution in [1.29, 1.82) is 0 Å². The molecule has 0 aromatic heterocycles. The van der Waals surface area contributed by atoms with Crippen molar-refractivity contribution in [3.8, 4) is 0 Å². The third kappa shape index (κ3) is 33.3. The molecule has 0 aliphatic carbocycles. The Morgan fingerprint density at radius 2 is 0.732 bits per heavy atom. The molecule has 0 heterocycles. The van der Waals surface area contributed by atoms with Crippen LogP contribution < -0.4 is 0 Å². The lowest BCUT2D eigenvalue weighted by Gasteiger charge is -2.18. The Morgan fingerprint density at radius 1 is 0.439 bits per heavy atom. The van der Waals surface area contributed by atoms with Crippen molar-refractivity contribution in [2.75, 3.05) is 0 Å². The van der Waals surface area contributed by atoms with Crippen molar-refractivity contribution in [2.24, 2.45) is 0 Å². The maximum absolute atomic E-state index is 12.6. The number of ether oxygens (including phenoxy) is 1. The van der Waals surface area contributed by atoms with Crippen LogP contribution in [-0.4, -0.2) is 23.1 Å². The van der Waals surface area contributed by atoms with Crippen LogP contribution in [0, 0.1) is 0 Å². The quantitative estimate of drug-likeness (QED) is 0.0607. The predicted octanol–water partition coefficient (Wildman–Crippen LogP) is 12.5. The Kier molecular flexibility index (Phi) is 32.6. The summed E-state index contributed by atoms with van der Waals surface area (Å²) in [7, 11) is 0. The summed E-state index contributed by atoms with van der Waals surface area (Å²) in [5, 5.41) is 8.77. The van der Waals surface area contributed by atoms with E-state index < -0.39 is 5.97 Å². The second-order valence-electron chi connectivity index (χ2n) is 12.8. The fourth-order valence-electron chi connectivity index (χ4n) is 5.83. The number of hydrogen-bond donors (Lipinski definition) is 1. The molecule has 0 aliphatic heterocycles. The van der Waals surface area contributed by atoms with E-state index in [-0.39, 0.29) is 18.5 Å². The molecule has 0 spiro atoms. The van der Waals surface area contributed by atoms with E-state index in [9.17, 15) is 9.59 Å². The highest BCUT2D eigenvalue weighted by molar-refractivity contribution is 5.69. The molecular formula is C37H72O4. The number of carbonyl (C=O) groups excluding carboxylic acids is 1. The molecule has 4 heteroatoms. The van der Waals surface area contributed by atoms with Gasteiger partial charge in [0.1, 0.15) is 6.10 Å². The van der Waals surface area contributed by atoms with Gasteiger partial charge >= 0.3 is 11.9 Å². The molecule has 0 radical (unpaired) electrons. The van der Waals surface area contributed by atoms with Crippen molar-refractivity contribution < 1.29 is 19.4 Å². The molecule has 41 heavy (non-hydrogen) atoms. The second-order valence-corrected chi connectivity index (χ2v) is 12.8. The zero-order valence-electron chi connectivity index (χ0n) is 27.9. The molecule has 0 amide bonds. The topological polar surface area (TPSA) is 63.6 Å². The van der Waals surface area contributed by atoms with Crippen molar-refractivity contribution >= 4 is 11.9 Å². The van der Waals surface area contributed by atoms with Crippen LogP contribution in [0.4, 0.5) is 0 Å². The summed E-state index contributed by atoms with van der Waals surface area (Å²) in [6.07, 6.45) is 38.3. The highest BCUT2D eigenvalue weighted by atomic mass is 16.5. The van der Waals surface area contributed by atoms with Gasteiger partial charge in [0.2, 0.25) is 0 Å². The van der Waals surface area contributed by atoms with Crippen molar-refractivity contribution in [3.63, 3.8) is 0 Å². The molecular weight excluding hydrogens is 508 g/mol. The molecule has 0 saturated carbocycles. The number of rotatable bonds is 34. The van der Waals surface area contributed by atoms with E-state index in [0.29, 0.717) is 6.42 Å². The first-order valence-electron chi connectivity index (χ1n) is 18.5. The fourth-order valence-corrected chi connectivity index (χ4v) is 5.83. The zero-order chi connectivity index (χ0) is 30.1. The third-order valence-corrected chi connectivity index (χ3v) is 8.58. The summed E-state index contributed by atoms with van der Waals surface area (Å²) in [6, 6.07) is 0. The van der Waals surface area contributed by atoms with Crippen LogP contribution in [0.25, 0.3) is 0 Å². The van der Waals surface area contributed by atoms with E-state index in [1.807, 2.05) is 0 Å². The first-order valence-corrected chi connectivity index (χ1v) is 18.5. The highest BCUT2D eigenvalue weighted by Gasteiger charge is 2.14. The molecule has 0 aromatic carbocycles. The SMILES string of the molecule is CCCCCCCCCCCCCCC(=O)OC(CCCCCCCCCCCC)CCCCCCCCC(=O)O. The molecule has 0 aromatic rings. The number of esters is 1. The standard InChI is InChI=1S/C37H72O4/c1-3-5-7-9-11-13-15-16-18-20-26-30-34-37(40)41-35(32-28-24-21-22-25-29-33-36(38)39)31-27-23-19-17-14-12-10-8-6-4-2/h35H,3-34H2,1-2H3,(H,38,39). The van der Waals surface area contributed by atoms with Crippen LogP contribution >= 0.6 is 0 Å². The molecule has 4 nitrogen and oxygen atoms in total. The summed E-state index contributed by atoms with van der Waals surface area (Å²) >= 11 is 0. The van der Waals surface area contributed by atoms with Crippen LogP contribution in [0.15, 0.2) is 0 Å². The van der Waals surface area contributed by atoms with Gasteiger partial charge in [-0.2, -0.15) is 0 Å². The van der Waals surface area contributed by atoms with Gasteiger partial charge in [0.05, 0.1) is 0 Å². The third-order valence-electron chi connectivity index (χ3n) is 8.58. The summed E-state index contributed by atoms with van der Waals surface area (Å²) in [5.74, 6) is -0.673. The van der Waals surface area contributed by atoms with E-state index in [4.69, 9.17) is 9.84 Å². The van der Waals surface area contributed by atoms with Gasteiger partial charge in [-0.05, 0) is 38.5 Å². The molecule has 1 atom stereocenters. The Bertz CT molecular complexity index is 547. The average molecular weight is 581 g/mol. The van der Waals surface area contributed by atoms with Crippen molar-refractivity contribution in [3.05, 3.63) is 0 Å². The van der Waals surface area contributed by atoms with Gasteiger partial charge in [-0.25, -0.2) is 0 Å². The normalized spacial score (nSPS) is 12.0. The second kappa shape index (κ2) is 33.4. The first-order chi connectivity index (χ1) is 20.1. The molecule has 0 saturated heterocycles. The van der Waals surface area contributed by atoms with E-state index in [1.54, 1.807) is 0 Å². The van der Waals surface area contributed by atoms with E-state index in [2.05, 4.69) is 13.8 Å². The molecule has 0 rings (SSSR count). The van der Waals surface area contributed by atoms with Gasteiger partial charge in [-0.1, -0.05) is 168 Å². The van der Waals surface area contributed by atoms with Gasteiger partial charge in [0.15, 0.2) is 0 Å². The number of carbonyl (C=O) groups is 2. The Labute approximate surface area is 256 Å². The van der Waals surface area contributed by atoms with Gasteiger partial charge in [-0.15, -0.1) is 0 Å². The van der Waals surface area contributed by atoms with Crippen LogP contribution in [-0.2, 0) is 14.3 Å². The number of carboxylic acid groups (broad SMARTS) is 1. The molecule has 0 fully saturated rings. The number of aliphatic carboxylic acids is 1. The Morgan fingerprint density at radius 3 is 1.07 bits per heavy atom. The Hall–Kier alpha value is -1.06. The first kappa shape index (κ1) is 39.9. The van der Waals surface area contributed by atoms with E-state index in [0.717, 1.165) is 64.2 Å². The van der Waals surface area contributed by atoms with Gasteiger partial charge < -0.3 is 9.84 Å². The lowest BCUT2D eigenvalue weighted by molar-refractivity contribution is -0.150. The van der Waals surface area contributed by atoms with E-state index in [1.165, 1.54) is 128 Å². The van der Waals surface area contributed by atoms with Gasteiger partial charge in [0.25, 0.3) is 0 Å². The molecule has 244 valence electrons. The minimum Gasteiger partial charge on any atom is -0.481 e. The Balaban J connectivity index is 4.03. The smallest absolute Gasteiger partial charge is 0.306 e. The molecule has 0 aliphatic rings. The molecule has 1 N–H and O–H groups in total. The van der Waals surface area contributed by atoms with Crippen molar-refractivity contribution in [1.82, 2.24) is 0 Å². The van der Waals surface area contributed by atoms with Gasteiger partial charge in [0, 0.05) is 12.8 Å². The summed E-state index contributed by atoms with van der Waals surface area (Å²) in [4.78, 5) is 23.3. The fraction of sp³-hybridized carbons (Fsp3) is 0.946. The molecule has 1 unspecified atom stereocenters. The monoisotopic (exact) mass is 581 g/mol. The molecule has 0 bridgehead atoms. The van der Waals surface area contributed by atoms with E-state index >= 15 is 0 Å². The summed E-state index contributed by atoms with van der Waals surface area (Å²) in [6.45, 7) is 4.55. The summed E-state index contributed by atoms with van der Waals surface area (Å²) in [5.41, 5.74) is 0. The average Bonchev–Trinajstić information content (AvgIpc) is 2.95. The number of carboxylic acids is 1. The predicted molar refractivity (Wildman–Crippen MR) is 177 cm³/mol. The van der Waals surface area contributed by atoms with Crippen molar-refractivity contribution in [2.45, 2.75) is 225 Å². The van der Waals surface area contributed by atoms with Crippen LogP contribution in [0.3, 0.4) is 0 Å². The zero-order valence-corrected chi connectivity index (χ0v) is 27.9. The minimum absolute atomic E-state index is 0.0165. The van der Waals surface area contributed by atoms with Crippen LogP contribution in [0.5, 0.6) is 0 Å². The largest absolute Gasteiger partial charge is 0.481 e. The summed E-state index contributed by atoms with van der Waals surface area (Å²) < 4.78 is 6.00. The van der Waals surface area contributed by atoms with Gasteiger partial charge in [-0.3, -0.25) is 9.59 Å². The lowest BCUT2D eigenvalue weighted by atomic mass is 10.0. The number of hydrogen-bond acceptors (Lipinski definition) is 3. The minimum atomic E-state index is -0.690.